The molecule has 0 saturated heterocycles. The zero-order valence-electron chi connectivity index (χ0n) is 34.2. The Morgan fingerprint density at radius 1 is 0.283 bits per heavy atom. The number of Topliss-reactive ketones (excluding diaryl/α,β-unsaturated/α-hetero) is 5. The molecule has 0 radical (unpaired) electrons. The van der Waals surface area contributed by atoms with E-state index in [0.29, 0.717) is 66.6 Å². The first-order chi connectivity index (χ1) is 29.1. The highest BCUT2D eigenvalue weighted by molar-refractivity contribution is 6.11. The largest absolute Gasteiger partial charge is 0.294 e. The van der Waals surface area contributed by atoms with Crippen LogP contribution in [0.15, 0.2) is 152 Å². The van der Waals surface area contributed by atoms with Gasteiger partial charge in [-0.25, -0.2) is 0 Å². The van der Waals surface area contributed by atoms with Gasteiger partial charge < -0.3 is 0 Å². The Morgan fingerprint density at radius 2 is 0.467 bits per heavy atom. The van der Waals surface area contributed by atoms with E-state index >= 15 is 0 Å². The van der Waals surface area contributed by atoms with Gasteiger partial charge in [0.2, 0.25) is 0 Å². The van der Waals surface area contributed by atoms with Crippen LogP contribution in [-0.4, -0.2) is 28.9 Å². The van der Waals surface area contributed by atoms with Crippen molar-refractivity contribution in [1.82, 2.24) is 0 Å². The van der Waals surface area contributed by atoms with E-state index < -0.39 is 21.7 Å². The van der Waals surface area contributed by atoms with Crippen molar-refractivity contribution in [2.75, 3.05) is 0 Å². The summed E-state index contributed by atoms with van der Waals surface area (Å²) in [5, 5.41) is 0. The molecule has 8 bridgehead atoms. The fraction of sp³-hybridized carbons (Fsp3) is 0.364. The van der Waals surface area contributed by atoms with Crippen molar-refractivity contribution in [3.8, 4) is 0 Å². The van der Waals surface area contributed by atoms with Crippen molar-refractivity contribution in [3.63, 3.8) is 0 Å². The van der Waals surface area contributed by atoms with Crippen LogP contribution >= 0.6 is 0 Å². The van der Waals surface area contributed by atoms with E-state index in [0.717, 1.165) is 23.3 Å². The normalized spacial score (nSPS) is 32.7. The summed E-state index contributed by atoms with van der Waals surface area (Å²) in [4.78, 5) is 71.6. The molecule has 5 aromatic rings. The van der Waals surface area contributed by atoms with Crippen LogP contribution in [0, 0.1) is 44.8 Å². The summed E-state index contributed by atoms with van der Waals surface area (Å²) in [6.07, 6.45) is 9.79. The van der Waals surface area contributed by atoms with E-state index in [1.807, 2.05) is 152 Å². The number of ketones is 5. The van der Waals surface area contributed by atoms with E-state index in [1.165, 1.54) is 38.5 Å². The van der Waals surface area contributed by atoms with Crippen molar-refractivity contribution in [2.24, 2.45) is 44.8 Å². The first-order valence-electron chi connectivity index (χ1n) is 22.1. The Hall–Kier alpha value is -5.55. The van der Waals surface area contributed by atoms with Crippen LogP contribution in [0.3, 0.4) is 0 Å². The molecule has 13 rings (SSSR count). The SMILES string of the molecule is O=C(c1ccccc1)C12CC3(C(=O)c4ccccc4)CC(C(=O)c4ccccc4)(C1)CC(C(=O)c1ccccc1)(C2)C3.O=C(c1ccccc1)C12CC3CC(CC(C3)C1)C2. The lowest BCUT2D eigenvalue weighted by molar-refractivity contribution is -0.133. The van der Waals surface area contributed by atoms with Crippen LogP contribution in [0.1, 0.15) is 129 Å². The number of carbonyl (C=O) groups excluding carboxylic acids is 5. The summed E-state index contributed by atoms with van der Waals surface area (Å²) >= 11 is 0. The molecule has 0 heterocycles. The van der Waals surface area contributed by atoms with Gasteiger partial charge in [-0.3, -0.25) is 24.0 Å². The van der Waals surface area contributed by atoms with E-state index in [2.05, 4.69) is 0 Å². The van der Waals surface area contributed by atoms with Gasteiger partial charge in [0.05, 0.1) is 0 Å². The van der Waals surface area contributed by atoms with Crippen LogP contribution in [0.5, 0.6) is 0 Å². The molecular formula is C55H52O5. The van der Waals surface area contributed by atoms with E-state index in [1.54, 1.807) is 0 Å². The molecular weight excluding hydrogens is 741 g/mol. The molecule has 0 aliphatic heterocycles. The van der Waals surface area contributed by atoms with Gasteiger partial charge in [-0.15, -0.1) is 0 Å². The van der Waals surface area contributed by atoms with Gasteiger partial charge in [-0.1, -0.05) is 152 Å². The molecule has 0 aromatic heterocycles. The third-order valence-corrected chi connectivity index (χ3v) is 15.7. The summed E-state index contributed by atoms with van der Waals surface area (Å²) in [7, 11) is 0. The van der Waals surface area contributed by atoms with E-state index in [9.17, 15) is 24.0 Å². The lowest BCUT2D eigenvalue weighted by Gasteiger charge is -2.68. The van der Waals surface area contributed by atoms with E-state index in [4.69, 9.17) is 0 Å². The summed E-state index contributed by atoms with van der Waals surface area (Å²) in [6, 6.07) is 46.7. The average molecular weight is 793 g/mol. The molecule has 0 spiro atoms. The maximum atomic E-state index is 14.7. The fourth-order valence-electron chi connectivity index (χ4n) is 14.5. The van der Waals surface area contributed by atoms with Gasteiger partial charge in [-0.2, -0.15) is 0 Å². The summed E-state index contributed by atoms with van der Waals surface area (Å²) < 4.78 is 0. The minimum absolute atomic E-state index is 0.0239. The van der Waals surface area contributed by atoms with Crippen molar-refractivity contribution in [2.45, 2.75) is 77.0 Å². The van der Waals surface area contributed by atoms with Crippen molar-refractivity contribution >= 4 is 28.9 Å². The van der Waals surface area contributed by atoms with Gasteiger partial charge in [0.25, 0.3) is 0 Å². The Balaban J connectivity index is 0.000000199. The standard InChI is InChI=1S/C38H32O4.C17H20O/c39-31(27-13-5-1-6-14-27)35-21-36(32(40)28-15-7-2-8-16-28)24-37(22-35,33(41)29-17-9-3-10-18-29)26-38(23-35,25-36)34(42)30-19-11-4-12-20-30;18-16(15-4-2-1-3-5-15)17-9-12-6-13(10-17)8-14(7-12)11-17/h1-20H,21-26H2;1-5,12-14H,6-11H2. The first kappa shape index (κ1) is 38.6. The molecule has 0 atom stereocenters. The molecule has 5 nitrogen and oxygen atoms in total. The molecule has 8 aliphatic rings. The van der Waals surface area contributed by atoms with Gasteiger partial charge in [-0.05, 0) is 94.8 Å². The predicted octanol–water partition coefficient (Wildman–Crippen LogP) is 11.9. The lowest BCUT2D eigenvalue weighted by atomic mass is 9.32. The molecule has 8 fully saturated rings. The monoisotopic (exact) mass is 792 g/mol. The molecule has 8 aliphatic carbocycles. The number of benzene rings is 5. The maximum Gasteiger partial charge on any atom is 0.169 e. The third-order valence-electron chi connectivity index (χ3n) is 15.7. The fourth-order valence-corrected chi connectivity index (χ4v) is 14.5. The molecule has 0 unspecified atom stereocenters. The van der Waals surface area contributed by atoms with Crippen LogP contribution in [-0.2, 0) is 0 Å². The highest BCUT2D eigenvalue weighted by atomic mass is 16.1. The highest BCUT2D eigenvalue weighted by Gasteiger charge is 2.75. The van der Waals surface area contributed by atoms with Gasteiger partial charge >= 0.3 is 0 Å². The second kappa shape index (κ2) is 14.6. The molecule has 5 aromatic carbocycles. The molecule has 8 saturated carbocycles. The quantitative estimate of drug-likeness (QED) is 0.131. The summed E-state index contributed by atoms with van der Waals surface area (Å²) in [5.41, 5.74) is -0.860. The Kier molecular flexibility index (Phi) is 9.38. The van der Waals surface area contributed by atoms with Crippen LogP contribution in [0.4, 0.5) is 0 Å². The lowest BCUT2D eigenvalue weighted by Crippen LogP contribution is -2.68. The van der Waals surface area contributed by atoms with Gasteiger partial charge in [0.15, 0.2) is 28.9 Å². The zero-order valence-corrected chi connectivity index (χ0v) is 34.2. The van der Waals surface area contributed by atoms with Crippen molar-refractivity contribution < 1.29 is 24.0 Å². The molecule has 60 heavy (non-hydrogen) atoms. The van der Waals surface area contributed by atoms with Gasteiger partial charge in [0, 0.05) is 54.9 Å². The number of carbonyl (C=O) groups is 5. The number of rotatable bonds is 10. The highest BCUT2D eigenvalue weighted by Crippen LogP contribution is 2.76. The molecule has 0 N–H and O–H groups in total. The maximum absolute atomic E-state index is 14.7. The Morgan fingerprint density at radius 3 is 0.667 bits per heavy atom. The van der Waals surface area contributed by atoms with Crippen LogP contribution in [0.25, 0.3) is 0 Å². The van der Waals surface area contributed by atoms with Crippen LogP contribution in [0.2, 0.25) is 0 Å². The predicted molar refractivity (Wildman–Crippen MR) is 232 cm³/mol. The number of hydrogen-bond donors (Lipinski definition) is 0. The first-order valence-corrected chi connectivity index (χ1v) is 22.1. The van der Waals surface area contributed by atoms with E-state index in [-0.39, 0.29) is 28.5 Å². The number of hydrogen-bond acceptors (Lipinski definition) is 5. The van der Waals surface area contributed by atoms with Gasteiger partial charge in [0.1, 0.15) is 0 Å². The molecule has 302 valence electrons. The summed E-state index contributed by atoms with van der Waals surface area (Å²) in [6.45, 7) is 0. The second-order valence-electron chi connectivity index (χ2n) is 19.9. The molecule has 5 heteroatoms. The Labute approximate surface area is 353 Å². The Bertz CT molecular complexity index is 2130. The smallest absolute Gasteiger partial charge is 0.169 e. The van der Waals surface area contributed by atoms with Crippen LogP contribution < -0.4 is 0 Å². The minimum Gasteiger partial charge on any atom is -0.294 e. The topological polar surface area (TPSA) is 85.3 Å². The van der Waals surface area contributed by atoms with Crippen molar-refractivity contribution in [1.29, 1.82) is 0 Å². The second-order valence-corrected chi connectivity index (χ2v) is 19.9. The zero-order chi connectivity index (χ0) is 41.2. The molecule has 0 amide bonds. The third kappa shape index (κ3) is 6.39. The van der Waals surface area contributed by atoms with Crippen molar-refractivity contribution in [3.05, 3.63) is 179 Å². The summed E-state index contributed by atoms with van der Waals surface area (Å²) in [5.74, 6) is 2.73. The average Bonchev–Trinajstić information content (AvgIpc) is 3.28. The minimum atomic E-state index is -1.02.